The summed E-state index contributed by atoms with van der Waals surface area (Å²) in [6.07, 6.45) is -0.219. The molecule has 0 aliphatic carbocycles. The number of hydrogen-bond acceptors (Lipinski definition) is 4. The molecule has 118 valence electrons. The molecular formula is C17H21NO4. The molecule has 0 N–H and O–H groups in total. The molecule has 0 aromatic heterocycles. The molecule has 0 unspecified atom stereocenters. The van der Waals surface area contributed by atoms with Crippen molar-refractivity contribution < 1.29 is 19.1 Å². The zero-order valence-electron chi connectivity index (χ0n) is 13.5. The first-order valence-corrected chi connectivity index (χ1v) is 6.98. The Bertz CT molecular complexity index is 581. The largest absolute Gasteiger partial charge is 0.497 e. The van der Waals surface area contributed by atoms with Gasteiger partial charge in [0.25, 0.3) is 5.91 Å². The van der Waals surface area contributed by atoms with E-state index in [2.05, 4.69) is 11.8 Å². The molecule has 0 heterocycles. The van der Waals surface area contributed by atoms with Gasteiger partial charge in [0.15, 0.2) is 0 Å². The second kappa shape index (κ2) is 8.08. The van der Waals surface area contributed by atoms with Gasteiger partial charge in [-0.3, -0.25) is 4.79 Å². The molecule has 0 spiro atoms. The van der Waals surface area contributed by atoms with Crippen LogP contribution in [0, 0.1) is 11.8 Å². The molecule has 0 bridgehead atoms. The third-order valence-electron chi connectivity index (χ3n) is 3.00. The van der Waals surface area contributed by atoms with Gasteiger partial charge in [-0.1, -0.05) is 5.92 Å². The van der Waals surface area contributed by atoms with Gasteiger partial charge < -0.3 is 14.4 Å². The van der Waals surface area contributed by atoms with Crippen molar-refractivity contribution in [3.05, 3.63) is 29.8 Å². The molecule has 1 aromatic carbocycles. The van der Waals surface area contributed by atoms with Gasteiger partial charge in [0, 0.05) is 18.5 Å². The van der Waals surface area contributed by atoms with Gasteiger partial charge in [0.2, 0.25) is 0 Å². The monoisotopic (exact) mass is 303 g/mol. The lowest BCUT2D eigenvalue weighted by molar-refractivity contribution is -0.155. The number of rotatable bonds is 4. The molecule has 0 saturated carbocycles. The van der Waals surface area contributed by atoms with Gasteiger partial charge in [-0.2, -0.15) is 0 Å². The zero-order chi connectivity index (χ0) is 16.7. The Morgan fingerprint density at radius 3 is 2.23 bits per heavy atom. The van der Waals surface area contributed by atoms with Crippen LogP contribution in [0.2, 0.25) is 0 Å². The third-order valence-corrected chi connectivity index (χ3v) is 3.00. The topological polar surface area (TPSA) is 55.8 Å². The highest BCUT2D eigenvalue weighted by atomic mass is 16.5. The van der Waals surface area contributed by atoms with E-state index in [-0.39, 0.29) is 6.10 Å². The highest BCUT2D eigenvalue weighted by molar-refractivity contribution is 5.96. The van der Waals surface area contributed by atoms with Gasteiger partial charge in [0.05, 0.1) is 13.2 Å². The number of likely N-dealkylation sites (N-methyl/N-ethyl adjacent to an activating group) is 1. The van der Waals surface area contributed by atoms with Crippen molar-refractivity contribution in [1.82, 2.24) is 4.90 Å². The smallest absolute Gasteiger partial charge is 0.328 e. The summed E-state index contributed by atoms with van der Waals surface area (Å²) in [7, 11) is 3.11. The number of carbonyl (C=O) groups excluding carboxylic acids is 2. The standard InChI is InChI=1S/C17H21NO4/c1-12(2)22-17(20)13(3)18(4)16(19)11-8-14-6-9-15(21-5)10-7-14/h6-7,9-10,12-13H,1-5H3/t13-/m0/s1. The molecule has 0 saturated heterocycles. The second-order valence-electron chi connectivity index (χ2n) is 5.06. The van der Waals surface area contributed by atoms with Gasteiger partial charge >= 0.3 is 5.97 Å². The average molecular weight is 303 g/mol. The van der Waals surface area contributed by atoms with Crippen LogP contribution in [0.25, 0.3) is 0 Å². The first-order valence-electron chi connectivity index (χ1n) is 6.98. The van der Waals surface area contributed by atoms with Gasteiger partial charge in [0.1, 0.15) is 11.8 Å². The SMILES string of the molecule is COc1ccc(C#CC(=O)N(C)[C@@H](C)C(=O)OC(C)C)cc1. The maximum absolute atomic E-state index is 12.0. The average Bonchev–Trinajstić information content (AvgIpc) is 2.50. The first-order chi connectivity index (χ1) is 10.3. The van der Waals surface area contributed by atoms with E-state index in [1.807, 2.05) is 0 Å². The summed E-state index contributed by atoms with van der Waals surface area (Å²) in [4.78, 5) is 25.0. The predicted octanol–water partition coefficient (Wildman–Crippen LogP) is 1.85. The van der Waals surface area contributed by atoms with E-state index in [1.165, 1.54) is 11.9 Å². The number of esters is 1. The van der Waals surface area contributed by atoms with Crippen molar-refractivity contribution in [1.29, 1.82) is 0 Å². The van der Waals surface area contributed by atoms with Crippen LogP contribution in [0.5, 0.6) is 5.75 Å². The number of methoxy groups -OCH3 is 1. The van der Waals surface area contributed by atoms with Crippen LogP contribution in [-0.4, -0.2) is 43.1 Å². The third kappa shape index (κ3) is 5.13. The van der Waals surface area contributed by atoms with E-state index in [1.54, 1.807) is 52.1 Å². The summed E-state index contributed by atoms with van der Waals surface area (Å²) in [6.45, 7) is 5.13. The lowest BCUT2D eigenvalue weighted by Gasteiger charge is -2.22. The quantitative estimate of drug-likeness (QED) is 0.629. The summed E-state index contributed by atoms with van der Waals surface area (Å²) in [5, 5.41) is 0. The fourth-order valence-corrected chi connectivity index (χ4v) is 1.55. The summed E-state index contributed by atoms with van der Waals surface area (Å²) in [5.74, 6) is 5.11. The Kier molecular flexibility index (Phi) is 6.46. The highest BCUT2D eigenvalue weighted by Gasteiger charge is 2.23. The molecule has 0 aliphatic heterocycles. The van der Waals surface area contributed by atoms with Gasteiger partial charge in [-0.05, 0) is 45.0 Å². The molecule has 0 fully saturated rings. The summed E-state index contributed by atoms with van der Waals surface area (Å²) >= 11 is 0. The number of amides is 1. The molecule has 1 amide bonds. The first kappa shape index (κ1) is 17.6. The normalized spacial score (nSPS) is 11.2. The van der Waals surface area contributed by atoms with E-state index >= 15 is 0 Å². The van der Waals surface area contributed by atoms with Crippen molar-refractivity contribution in [2.75, 3.05) is 14.2 Å². The number of benzene rings is 1. The van der Waals surface area contributed by atoms with Gasteiger partial charge in [-0.15, -0.1) is 0 Å². The molecule has 22 heavy (non-hydrogen) atoms. The molecular weight excluding hydrogens is 282 g/mol. The Balaban J connectivity index is 2.71. The van der Waals surface area contributed by atoms with E-state index in [9.17, 15) is 9.59 Å². The molecule has 1 atom stereocenters. The fourth-order valence-electron chi connectivity index (χ4n) is 1.55. The van der Waals surface area contributed by atoms with Crippen LogP contribution < -0.4 is 4.74 Å². The second-order valence-corrected chi connectivity index (χ2v) is 5.06. The van der Waals surface area contributed by atoms with E-state index in [0.717, 1.165) is 5.75 Å². The van der Waals surface area contributed by atoms with Crippen molar-refractivity contribution >= 4 is 11.9 Å². The minimum absolute atomic E-state index is 0.219. The number of hydrogen-bond donors (Lipinski definition) is 0. The molecule has 0 radical (unpaired) electrons. The number of nitrogens with zero attached hydrogens (tertiary/aromatic N) is 1. The van der Waals surface area contributed by atoms with Crippen molar-refractivity contribution in [3.63, 3.8) is 0 Å². The Labute approximate surface area is 131 Å². The Morgan fingerprint density at radius 1 is 1.14 bits per heavy atom. The van der Waals surface area contributed by atoms with Crippen LogP contribution in [0.1, 0.15) is 26.3 Å². The number of carbonyl (C=O) groups is 2. The molecule has 5 nitrogen and oxygen atoms in total. The summed E-state index contributed by atoms with van der Waals surface area (Å²) in [5.41, 5.74) is 0.694. The molecule has 5 heteroatoms. The minimum atomic E-state index is -0.680. The molecule has 1 aromatic rings. The highest BCUT2D eigenvalue weighted by Crippen LogP contribution is 2.10. The van der Waals surface area contributed by atoms with Crippen LogP contribution in [0.3, 0.4) is 0 Å². The maximum atomic E-state index is 12.0. The van der Waals surface area contributed by atoms with Crippen LogP contribution >= 0.6 is 0 Å². The summed E-state index contributed by atoms with van der Waals surface area (Å²) in [6, 6.07) is 6.37. The minimum Gasteiger partial charge on any atom is -0.497 e. The van der Waals surface area contributed by atoms with Crippen molar-refractivity contribution in [3.8, 4) is 17.6 Å². The predicted molar refractivity (Wildman–Crippen MR) is 83.3 cm³/mol. The number of ether oxygens (including phenoxy) is 2. The van der Waals surface area contributed by atoms with Crippen LogP contribution in [-0.2, 0) is 14.3 Å². The summed E-state index contributed by atoms with van der Waals surface area (Å²) < 4.78 is 10.1. The van der Waals surface area contributed by atoms with Crippen molar-refractivity contribution in [2.24, 2.45) is 0 Å². The fraction of sp³-hybridized carbons (Fsp3) is 0.412. The Hall–Kier alpha value is -2.48. The zero-order valence-corrected chi connectivity index (χ0v) is 13.5. The van der Waals surface area contributed by atoms with E-state index < -0.39 is 17.9 Å². The van der Waals surface area contributed by atoms with Gasteiger partial charge in [-0.25, -0.2) is 4.79 Å². The lowest BCUT2D eigenvalue weighted by Crippen LogP contribution is -2.41. The lowest BCUT2D eigenvalue weighted by atomic mass is 10.2. The van der Waals surface area contributed by atoms with E-state index in [0.29, 0.717) is 5.56 Å². The maximum Gasteiger partial charge on any atom is 0.328 e. The van der Waals surface area contributed by atoms with Crippen LogP contribution in [0.4, 0.5) is 0 Å². The molecule has 0 aliphatic rings. The Morgan fingerprint density at radius 2 is 1.73 bits per heavy atom. The van der Waals surface area contributed by atoms with Crippen LogP contribution in [0.15, 0.2) is 24.3 Å². The molecule has 1 rings (SSSR count). The van der Waals surface area contributed by atoms with Crippen molar-refractivity contribution in [2.45, 2.75) is 32.9 Å². The van der Waals surface area contributed by atoms with E-state index in [4.69, 9.17) is 9.47 Å².